The Bertz CT molecular complexity index is 1730. The lowest BCUT2D eigenvalue weighted by Crippen LogP contribution is -2.57. The molecular formula is C33H35Br2N7O3. The molecule has 3 amide bonds. The number of carbonyl (C=O) groups is 2. The fourth-order valence-corrected chi connectivity index (χ4v) is 7.53. The molecule has 4 heterocycles. The molecule has 0 spiro atoms. The zero-order valence-electron chi connectivity index (χ0n) is 24.7. The smallest absolute Gasteiger partial charge is 0.318 e. The summed E-state index contributed by atoms with van der Waals surface area (Å²) in [6.07, 6.45) is 5.19. The molecule has 0 saturated carbocycles. The van der Waals surface area contributed by atoms with Crippen LogP contribution in [-0.2, 0) is 11.2 Å². The van der Waals surface area contributed by atoms with Gasteiger partial charge in [0.15, 0.2) is 0 Å². The molecule has 2 aliphatic rings. The van der Waals surface area contributed by atoms with Crippen molar-refractivity contribution in [2.45, 2.75) is 31.2 Å². The molecule has 6 rings (SSSR count). The number of piperazine rings is 1. The molecular weight excluding hydrogens is 702 g/mol. The van der Waals surface area contributed by atoms with E-state index in [0.29, 0.717) is 64.2 Å². The molecule has 0 bridgehead atoms. The number of nitrogens with one attached hydrogen (secondary N) is 2. The van der Waals surface area contributed by atoms with Crippen LogP contribution >= 0.6 is 31.9 Å². The van der Waals surface area contributed by atoms with Gasteiger partial charge >= 0.3 is 6.03 Å². The summed E-state index contributed by atoms with van der Waals surface area (Å²) in [5, 5.41) is 4.06. The number of anilines is 2. The van der Waals surface area contributed by atoms with Crippen molar-refractivity contribution in [3.05, 3.63) is 97.4 Å². The lowest BCUT2D eigenvalue weighted by atomic mass is 9.89. The molecule has 234 valence electrons. The maximum absolute atomic E-state index is 14.0. The summed E-state index contributed by atoms with van der Waals surface area (Å²) in [6.45, 7) is 3.47. The first-order valence-electron chi connectivity index (χ1n) is 15.1. The topological polar surface area (TPSA) is 128 Å². The van der Waals surface area contributed by atoms with Crippen molar-refractivity contribution in [1.82, 2.24) is 25.1 Å². The van der Waals surface area contributed by atoms with Gasteiger partial charge in [0, 0.05) is 83.8 Å². The summed E-state index contributed by atoms with van der Waals surface area (Å²) in [5.74, 6) is -0.0552. The third kappa shape index (κ3) is 7.01. The highest BCUT2D eigenvalue weighted by molar-refractivity contribution is 9.11. The zero-order valence-corrected chi connectivity index (χ0v) is 27.9. The summed E-state index contributed by atoms with van der Waals surface area (Å²) >= 11 is 7.01. The molecule has 45 heavy (non-hydrogen) atoms. The number of amides is 3. The first kappa shape index (κ1) is 31.1. The number of nitrogens with two attached hydrogens (primary N) is 1. The Morgan fingerprint density at radius 1 is 0.933 bits per heavy atom. The Labute approximate surface area is 278 Å². The highest BCUT2D eigenvalue weighted by Crippen LogP contribution is 2.31. The highest BCUT2D eigenvalue weighted by atomic mass is 79.9. The number of H-pyrrole nitrogens is 1. The van der Waals surface area contributed by atoms with E-state index in [9.17, 15) is 14.4 Å². The highest BCUT2D eigenvalue weighted by Gasteiger charge is 2.32. The molecule has 0 radical (unpaired) electrons. The molecule has 2 saturated heterocycles. The number of hydrogen-bond acceptors (Lipinski definition) is 6. The molecule has 1 atom stereocenters. The molecule has 12 heteroatoms. The average molecular weight is 737 g/mol. The fraction of sp³-hybridized carbons (Fsp3) is 0.333. The van der Waals surface area contributed by atoms with E-state index in [-0.39, 0.29) is 23.4 Å². The number of nitrogens with zero attached hydrogens (tertiary/aromatic N) is 4. The van der Waals surface area contributed by atoms with Gasteiger partial charge in [-0.05, 0) is 98.0 Å². The van der Waals surface area contributed by atoms with Gasteiger partial charge in [-0.25, -0.2) is 4.79 Å². The molecule has 4 N–H and O–H groups in total. The number of nitrogen functional groups attached to an aromatic ring is 1. The Morgan fingerprint density at radius 2 is 1.60 bits per heavy atom. The monoisotopic (exact) mass is 735 g/mol. The van der Waals surface area contributed by atoms with Crippen LogP contribution in [0.25, 0.3) is 10.9 Å². The predicted molar refractivity (Wildman–Crippen MR) is 183 cm³/mol. The fourth-order valence-electron chi connectivity index (χ4n) is 6.25. The maximum atomic E-state index is 14.0. The lowest BCUT2D eigenvalue weighted by Gasteiger charge is -2.38. The number of rotatable bonds is 6. The first-order valence-corrected chi connectivity index (χ1v) is 16.7. The first-order chi connectivity index (χ1) is 21.8. The largest absolute Gasteiger partial charge is 0.397 e. The molecule has 10 nitrogen and oxygen atoms in total. The number of likely N-dealkylation sites (tertiary alicyclic amines) is 1. The van der Waals surface area contributed by atoms with Gasteiger partial charge in [0.2, 0.25) is 5.91 Å². The average Bonchev–Trinajstić information content (AvgIpc) is 3.06. The summed E-state index contributed by atoms with van der Waals surface area (Å²) < 4.78 is 1.45. The Morgan fingerprint density at radius 3 is 2.29 bits per heavy atom. The van der Waals surface area contributed by atoms with Gasteiger partial charge in [-0.2, -0.15) is 0 Å². The second kappa shape index (κ2) is 13.6. The second-order valence-corrected chi connectivity index (χ2v) is 13.3. The number of aromatic nitrogens is 2. The van der Waals surface area contributed by atoms with E-state index in [1.807, 2.05) is 59.5 Å². The normalized spacial score (nSPS) is 16.5. The van der Waals surface area contributed by atoms with Crippen LogP contribution in [-0.4, -0.2) is 77.0 Å². The quantitative estimate of drug-likeness (QED) is 0.243. The van der Waals surface area contributed by atoms with Gasteiger partial charge in [-0.1, -0.05) is 18.2 Å². The summed E-state index contributed by atoms with van der Waals surface area (Å²) in [7, 11) is 0. The van der Waals surface area contributed by atoms with Crippen molar-refractivity contribution in [3.63, 3.8) is 0 Å². The van der Waals surface area contributed by atoms with Crippen molar-refractivity contribution >= 4 is 66.1 Å². The van der Waals surface area contributed by atoms with Gasteiger partial charge in [0.05, 0.1) is 5.69 Å². The third-order valence-corrected chi connectivity index (χ3v) is 10.1. The minimum absolute atomic E-state index is 0.0565. The van der Waals surface area contributed by atoms with E-state index >= 15 is 0 Å². The van der Waals surface area contributed by atoms with E-state index in [1.54, 1.807) is 17.3 Å². The van der Waals surface area contributed by atoms with Gasteiger partial charge in [0.25, 0.3) is 5.56 Å². The minimum atomic E-state index is -0.756. The summed E-state index contributed by atoms with van der Waals surface area (Å²) in [5.41, 5.74) is 10.1. The summed E-state index contributed by atoms with van der Waals surface area (Å²) in [4.78, 5) is 53.3. The number of hydrogen-bond donors (Lipinski definition) is 3. The van der Waals surface area contributed by atoms with Gasteiger partial charge in [0.1, 0.15) is 6.04 Å². The van der Waals surface area contributed by atoms with Crippen LogP contribution in [0.3, 0.4) is 0 Å². The van der Waals surface area contributed by atoms with E-state index in [0.717, 1.165) is 36.7 Å². The standard InChI is InChI=1S/C33H35Br2N7O3/c34-26-17-21(18-27(35)30(26)36)19-29(32(44)41-15-13-40(14-16-41)24-5-9-37-10-6-24)39-33(45)42-11-7-22(8-12-42)25-20-23-3-1-2-4-28(23)38-31(25)43/h1-6,9-10,17-18,20,22,29H,7-8,11-16,19,36H2,(H,38,43)(H,39,45)/t29-/m1/s1. The van der Waals surface area contributed by atoms with Gasteiger partial charge < -0.3 is 30.7 Å². The number of para-hydroxylation sites is 1. The number of carbonyl (C=O) groups excluding carboxylic acids is 2. The number of halogens is 2. The van der Waals surface area contributed by atoms with Crippen molar-refractivity contribution in [1.29, 1.82) is 0 Å². The van der Waals surface area contributed by atoms with Crippen LogP contribution < -0.4 is 21.5 Å². The third-order valence-electron chi connectivity index (χ3n) is 8.80. The zero-order chi connectivity index (χ0) is 31.5. The SMILES string of the molecule is Nc1c(Br)cc(C[C@@H](NC(=O)N2CCC(c3cc4ccccc4[nH]c3=O)CC2)C(=O)N2CCN(c3ccncc3)CC2)cc1Br. The number of fused-ring (bicyclic) bond motifs is 1. The van der Waals surface area contributed by atoms with Crippen LogP contribution in [0.5, 0.6) is 0 Å². The van der Waals surface area contributed by atoms with Crippen molar-refractivity contribution < 1.29 is 9.59 Å². The van der Waals surface area contributed by atoms with E-state index in [2.05, 4.69) is 52.0 Å². The van der Waals surface area contributed by atoms with Crippen molar-refractivity contribution in [2.75, 3.05) is 49.9 Å². The lowest BCUT2D eigenvalue weighted by molar-refractivity contribution is -0.133. The Hall–Kier alpha value is -3.90. The molecule has 2 aromatic heterocycles. The van der Waals surface area contributed by atoms with E-state index in [1.165, 1.54) is 0 Å². The number of pyridine rings is 2. The van der Waals surface area contributed by atoms with Gasteiger partial charge in [-0.15, -0.1) is 0 Å². The predicted octanol–water partition coefficient (Wildman–Crippen LogP) is 4.88. The van der Waals surface area contributed by atoms with E-state index in [4.69, 9.17) is 5.73 Å². The minimum Gasteiger partial charge on any atom is -0.397 e. The molecule has 0 aliphatic carbocycles. The second-order valence-electron chi connectivity index (χ2n) is 11.6. The summed E-state index contributed by atoms with van der Waals surface area (Å²) in [6, 6.07) is 16.4. The van der Waals surface area contributed by atoms with Crippen LogP contribution in [0.15, 0.2) is 80.7 Å². The Kier molecular flexibility index (Phi) is 9.41. The van der Waals surface area contributed by atoms with Crippen LogP contribution in [0, 0.1) is 0 Å². The number of piperidine rings is 1. The molecule has 2 fully saturated rings. The number of benzene rings is 2. The number of urea groups is 1. The van der Waals surface area contributed by atoms with Crippen molar-refractivity contribution in [3.8, 4) is 0 Å². The Balaban J connectivity index is 1.14. The molecule has 2 aliphatic heterocycles. The number of aromatic amines is 1. The molecule has 2 aromatic carbocycles. The van der Waals surface area contributed by atoms with Gasteiger partial charge in [-0.3, -0.25) is 14.6 Å². The van der Waals surface area contributed by atoms with Crippen LogP contribution in [0.4, 0.5) is 16.2 Å². The molecule has 0 unspecified atom stereocenters. The van der Waals surface area contributed by atoms with E-state index < -0.39 is 6.04 Å². The van der Waals surface area contributed by atoms with Crippen molar-refractivity contribution in [2.24, 2.45) is 0 Å². The molecule has 4 aromatic rings. The van der Waals surface area contributed by atoms with Crippen LogP contribution in [0.2, 0.25) is 0 Å². The maximum Gasteiger partial charge on any atom is 0.318 e. The van der Waals surface area contributed by atoms with Crippen LogP contribution in [0.1, 0.15) is 29.9 Å².